The van der Waals surface area contributed by atoms with Crippen LogP contribution in [0.25, 0.3) is 0 Å². The Labute approximate surface area is 96.9 Å². The molecule has 4 nitrogen and oxygen atoms in total. The highest BCUT2D eigenvalue weighted by Crippen LogP contribution is 2.18. The van der Waals surface area contributed by atoms with Crippen molar-refractivity contribution in [3.8, 4) is 0 Å². The maximum atomic E-state index is 11.9. The molecule has 0 aliphatic heterocycles. The van der Waals surface area contributed by atoms with Gasteiger partial charge >= 0.3 is 0 Å². The van der Waals surface area contributed by atoms with Crippen molar-refractivity contribution in [1.29, 1.82) is 0 Å². The van der Waals surface area contributed by atoms with E-state index in [2.05, 4.69) is 4.72 Å². The summed E-state index contributed by atoms with van der Waals surface area (Å²) in [4.78, 5) is 0.347. The van der Waals surface area contributed by atoms with Gasteiger partial charge in [-0.3, -0.25) is 0 Å². The number of benzene rings is 1. The maximum absolute atomic E-state index is 11.9. The molecule has 1 rings (SSSR count). The molecule has 0 bridgehead atoms. The van der Waals surface area contributed by atoms with Gasteiger partial charge in [-0.25, -0.2) is 13.1 Å². The molecule has 3 N–H and O–H groups in total. The summed E-state index contributed by atoms with van der Waals surface area (Å²) in [5.74, 6) is 0. The predicted molar refractivity (Wildman–Crippen MR) is 64.6 cm³/mol. The minimum atomic E-state index is -3.39. The molecule has 1 aromatic rings. The van der Waals surface area contributed by atoms with Crippen LogP contribution in [0.5, 0.6) is 0 Å². The van der Waals surface area contributed by atoms with Crippen LogP contribution in [0, 0.1) is 0 Å². The second kappa shape index (κ2) is 5.43. The van der Waals surface area contributed by atoms with E-state index in [1.54, 1.807) is 13.0 Å². The van der Waals surface area contributed by atoms with E-state index in [9.17, 15) is 8.42 Å². The molecule has 0 aromatic heterocycles. The largest absolute Gasteiger partial charge is 0.326 e. The minimum absolute atomic E-state index is 0.346. The van der Waals surface area contributed by atoms with Gasteiger partial charge in [0.25, 0.3) is 0 Å². The molecule has 0 radical (unpaired) electrons. The van der Waals surface area contributed by atoms with E-state index in [0.29, 0.717) is 24.4 Å². The van der Waals surface area contributed by atoms with E-state index in [0.717, 1.165) is 11.1 Å². The number of nitrogens with one attached hydrogen (secondary N) is 1. The average Bonchev–Trinajstić information content (AvgIpc) is 2.28. The van der Waals surface area contributed by atoms with Gasteiger partial charge in [-0.15, -0.1) is 0 Å². The normalized spacial score (nSPS) is 11.7. The summed E-state index contributed by atoms with van der Waals surface area (Å²) in [6.07, 6.45) is 0.685. The fourth-order valence-electron chi connectivity index (χ4n) is 1.54. The van der Waals surface area contributed by atoms with Gasteiger partial charge in [0, 0.05) is 13.1 Å². The topological polar surface area (TPSA) is 72.2 Å². The van der Waals surface area contributed by atoms with Crippen LogP contribution in [0.4, 0.5) is 0 Å². The third kappa shape index (κ3) is 2.81. The number of nitrogens with two attached hydrogens (primary N) is 1. The van der Waals surface area contributed by atoms with Crippen molar-refractivity contribution < 1.29 is 8.42 Å². The lowest BCUT2D eigenvalue weighted by molar-refractivity contribution is 0.582. The molecule has 0 atom stereocenters. The van der Waals surface area contributed by atoms with Crippen LogP contribution in [0.15, 0.2) is 23.1 Å². The van der Waals surface area contributed by atoms with Crippen molar-refractivity contribution in [2.75, 3.05) is 6.54 Å². The number of sulfonamides is 1. The Morgan fingerprint density at radius 3 is 2.50 bits per heavy atom. The molecule has 0 unspecified atom stereocenters. The molecule has 0 amide bonds. The zero-order chi connectivity index (χ0) is 12.2. The van der Waals surface area contributed by atoms with Crippen LogP contribution in [0.1, 0.15) is 25.0 Å². The quantitative estimate of drug-likeness (QED) is 0.809. The number of aryl methyl sites for hydroxylation is 1. The first-order valence-corrected chi connectivity index (χ1v) is 6.85. The smallest absolute Gasteiger partial charge is 0.240 e. The number of rotatable bonds is 5. The molecule has 0 aliphatic rings. The number of hydrogen-bond acceptors (Lipinski definition) is 3. The van der Waals surface area contributed by atoms with E-state index in [-0.39, 0.29) is 0 Å². The average molecular weight is 242 g/mol. The molecule has 0 fully saturated rings. The Morgan fingerprint density at radius 2 is 2.00 bits per heavy atom. The molecular formula is C11H18N2O2S. The van der Waals surface area contributed by atoms with Gasteiger partial charge in [0.05, 0.1) is 4.90 Å². The second-order valence-electron chi connectivity index (χ2n) is 3.50. The standard InChI is InChI=1S/C11H18N2O2S/c1-3-10-6-5-9(8-12)7-11(10)16(14,15)13-4-2/h5-7,13H,3-4,8,12H2,1-2H3. The molecule has 0 aliphatic carbocycles. The summed E-state index contributed by atoms with van der Waals surface area (Å²) in [5.41, 5.74) is 7.16. The first-order chi connectivity index (χ1) is 7.55. The molecule has 0 spiro atoms. The third-order valence-electron chi connectivity index (χ3n) is 2.37. The van der Waals surface area contributed by atoms with Crippen LogP contribution in [-0.4, -0.2) is 15.0 Å². The van der Waals surface area contributed by atoms with Crippen LogP contribution in [0.2, 0.25) is 0 Å². The molecule has 0 saturated carbocycles. The first-order valence-electron chi connectivity index (χ1n) is 5.36. The van der Waals surface area contributed by atoms with E-state index in [1.807, 2.05) is 19.1 Å². The van der Waals surface area contributed by atoms with E-state index < -0.39 is 10.0 Å². The van der Waals surface area contributed by atoms with Crippen molar-refractivity contribution >= 4 is 10.0 Å². The molecule has 1 aromatic carbocycles. The maximum Gasteiger partial charge on any atom is 0.240 e. The van der Waals surface area contributed by atoms with Crippen LogP contribution in [0.3, 0.4) is 0 Å². The van der Waals surface area contributed by atoms with Crippen molar-refractivity contribution in [2.45, 2.75) is 31.7 Å². The van der Waals surface area contributed by atoms with Crippen molar-refractivity contribution in [3.05, 3.63) is 29.3 Å². The van der Waals surface area contributed by atoms with Gasteiger partial charge in [0.2, 0.25) is 10.0 Å². The van der Waals surface area contributed by atoms with Crippen molar-refractivity contribution in [2.24, 2.45) is 5.73 Å². The molecule has 5 heteroatoms. The van der Waals surface area contributed by atoms with Crippen molar-refractivity contribution in [1.82, 2.24) is 4.72 Å². The summed E-state index contributed by atoms with van der Waals surface area (Å²) in [5, 5.41) is 0. The van der Waals surface area contributed by atoms with Crippen molar-refractivity contribution in [3.63, 3.8) is 0 Å². The predicted octanol–water partition coefficient (Wildman–Crippen LogP) is 1.01. The Balaban J connectivity index is 3.29. The molecular weight excluding hydrogens is 224 g/mol. The first kappa shape index (κ1) is 13.2. The Morgan fingerprint density at radius 1 is 1.31 bits per heavy atom. The minimum Gasteiger partial charge on any atom is -0.326 e. The lowest BCUT2D eigenvalue weighted by atomic mass is 10.1. The summed E-state index contributed by atoms with van der Waals surface area (Å²) in [6.45, 7) is 4.43. The third-order valence-corrected chi connectivity index (χ3v) is 4.00. The Bertz CT molecular complexity index is 455. The fourth-order valence-corrected chi connectivity index (χ4v) is 2.94. The van der Waals surface area contributed by atoms with E-state index in [4.69, 9.17) is 5.73 Å². The zero-order valence-electron chi connectivity index (χ0n) is 9.66. The highest BCUT2D eigenvalue weighted by Gasteiger charge is 2.16. The van der Waals surface area contributed by atoms with Gasteiger partial charge in [0.15, 0.2) is 0 Å². The molecule has 90 valence electrons. The molecule has 0 saturated heterocycles. The summed E-state index contributed by atoms with van der Waals surface area (Å²) in [7, 11) is -3.39. The summed E-state index contributed by atoms with van der Waals surface area (Å²) in [6, 6.07) is 5.34. The second-order valence-corrected chi connectivity index (χ2v) is 5.24. The fraction of sp³-hybridized carbons (Fsp3) is 0.455. The zero-order valence-corrected chi connectivity index (χ0v) is 10.5. The monoisotopic (exact) mass is 242 g/mol. The van der Waals surface area contributed by atoms with Gasteiger partial charge < -0.3 is 5.73 Å². The van der Waals surface area contributed by atoms with Gasteiger partial charge in [-0.2, -0.15) is 0 Å². The van der Waals surface area contributed by atoms with Crippen LogP contribution >= 0.6 is 0 Å². The lowest BCUT2D eigenvalue weighted by Gasteiger charge is -2.10. The Hall–Kier alpha value is -0.910. The number of hydrogen-bond donors (Lipinski definition) is 2. The summed E-state index contributed by atoms with van der Waals surface area (Å²) >= 11 is 0. The van der Waals surface area contributed by atoms with E-state index >= 15 is 0 Å². The summed E-state index contributed by atoms with van der Waals surface area (Å²) < 4.78 is 26.4. The van der Waals surface area contributed by atoms with Gasteiger partial charge in [0.1, 0.15) is 0 Å². The highest BCUT2D eigenvalue weighted by molar-refractivity contribution is 7.89. The molecule has 0 heterocycles. The van der Waals surface area contributed by atoms with Gasteiger partial charge in [-0.1, -0.05) is 26.0 Å². The van der Waals surface area contributed by atoms with E-state index in [1.165, 1.54) is 0 Å². The van der Waals surface area contributed by atoms with Crippen LogP contribution in [-0.2, 0) is 23.0 Å². The van der Waals surface area contributed by atoms with Gasteiger partial charge in [-0.05, 0) is 23.6 Å². The molecule has 16 heavy (non-hydrogen) atoms. The Kier molecular flexibility index (Phi) is 4.46. The SMILES string of the molecule is CCNS(=O)(=O)c1cc(CN)ccc1CC. The highest BCUT2D eigenvalue weighted by atomic mass is 32.2. The lowest BCUT2D eigenvalue weighted by Crippen LogP contribution is -2.24. The van der Waals surface area contributed by atoms with Crippen LogP contribution < -0.4 is 10.5 Å².